The highest BCUT2D eigenvalue weighted by Crippen LogP contribution is 2.26. The molecule has 0 unspecified atom stereocenters. The van der Waals surface area contributed by atoms with Gasteiger partial charge in [-0.1, -0.05) is 64.4 Å². The molecule has 0 amide bonds. The Morgan fingerprint density at radius 2 is 1.73 bits per heavy atom. The van der Waals surface area contributed by atoms with E-state index in [1.807, 2.05) is 38.1 Å². The van der Waals surface area contributed by atoms with Crippen LogP contribution in [0.2, 0.25) is 0 Å². The highest BCUT2D eigenvalue weighted by molar-refractivity contribution is 5.57. The summed E-state index contributed by atoms with van der Waals surface area (Å²) in [5, 5.41) is 3.35. The monoisotopic (exact) mass is 301 g/mol. The molecule has 0 fully saturated rings. The average Bonchev–Trinajstić information content (AvgIpc) is 3.04. The average molecular weight is 301 g/mol. The first-order valence-electron chi connectivity index (χ1n) is 8.37. The zero-order valence-corrected chi connectivity index (χ0v) is 14.4. The van der Waals surface area contributed by atoms with Crippen molar-refractivity contribution in [3.63, 3.8) is 0 Å². The van der Waals surface area contributed by atoms with E-state index in [9.17, 15) is 0 Å². The maximum atomic E-state index is 5.79. The van der Waals surface area contributed by atoms with Gasteiger partial charge in [-0.15, -0.1) is 0 Å². The van der Waals surface area contributed by atoms with Crippen LogP contribution in [0.3, 0.4) is 0 Å². The van der Waals surface area contributed by atoms with Crippen LogP contribution in [0.4, 0.5) is 5.69 Å². The lowest BCUT2D eigenvalue weighted by atomic mass is 10.1. The van der Waals surface area contributed by atoms with E-state index in [1.165, 1.54) is 23.2 Å². The predicted molar refractivity (Wildman–Crippen MR) is 98.8 cm³/mol. The third-order valence-electron chi connectivity index (χ3n) is 3.03. The van der Waals surface area contributed by atoms with Crippen molar-refractivity contribution in [2.24, 2.45) is 0 Å². The SMILES string of the molecule is CC.CCC.[HH].c1ccc(COc2ccc3c(c2)CCN3)cc1. The summed E-state index contributed by atoms with van der Waals surface area (Å²) < 4.78 is 5.79. The van der Waals surface area contributed by atoms with Crippen molar-refractivity contribution in [3.8, 4) is 5.75 Å². The summed E-state index contributed by atoms with van der Waals surface area (Å²) in [7, 11) is 0. The topological polar surface area (TPSA) is 21.3 Å². The van der Waals surface area contributed by atoms with Crippen LogP contribution in [0.25, 0.3) is 0 Å². The first kappa shape index (κ1) is 18.1. The van der Waals surface area contributed by atoms with E-state index in [2.05, 4.69) is 43.4 Å². The molecule has 1 heterocycles. The minimum atomic E-state index is 0. The van der Waals surface area contributed by atoms with Gasteiger partial charge in [-0.25, -0.2) is 0 Å². The van der Waals surface area contributed by atoms with Crippen LogP contribution in [0.1, 0.15) is 46.7 Å². The van der Waals surface area contributed by atoms with Crippen molar-refractivity contribution in [2.75, 3.05) is 11.9 Å². The Morgan fingerprint density at radius 3 is 2.41 bits per heavy atom. The van der Waals surface area contributed by atoms with Crippen molar-refractivity contribution in [1.82, 2.24) is 0 Å². The molecule has 1 aliphatic rings. The van der Waals surface area contributed by atoms with E-state index < -0.39 is 0 Å². The van der Waals surface area contributed by atoms with Gasteiger partial charge >= 0.3 is 0 Å². The molecule has 0 spiro atoms. The Balaban J connectivity index is 0.000000729. The second kappa shape index (κ2) is 10.7. The van der Waals surface area contributed by atoms with Crippen molar-refractivity contribution in [1.29, 1.82) is 0 Å². The van der Waals surface area contributed by atoms with Gasteiger partial charge in [0, 0.05) is 13.7 Å². The van der Waals surface area contributed by atoms with E-state index in [0.29, 0.717) is 6.61 Å². The Bertz CT molecular complexity index is 528. The molecule has 2 aromatic carbocycles. The van der Waals surface area contributed by atoms with E-state index in [-0.39, 0.29) is 1.43 Å². The van der Waals surface area contributed by atoms with Gasteiger partial charge in [0.2, 0.25) is 0 Å². The zero-order chi connectivity index (χ0) is 16.2. The summed E-state index contributed by atoms with van der Waals surface area (Å²) in [5.74, 6) is 0.955. The lowest BCUT2D eigenvalue weighted by molar-refractivity contribution is 0.306. The number of anilines is 1. The maximum Gasteiger partial charge on any atom is 0.120 e. The molecule has 1 aliphatic heterocycles. The Hall–Kier alpha value is -1.96. The molecule has 2 aromatic rings. The third kappa shape index (κ3) is 5.80. The van der Waals surface area contributed by atoms with Crippen LogP contribution >= 0.6 is 0 Å². The smallest absolute Gasteiger partial charge is 0.120 e. The van der Waals surface area contributed by atoms with Gasteiger partial charge in [0.25, 0.3) is 0 Å². The zero-order valence-electron chi connectivity index (χ0n) is 14.4. The van der Waals surface area contributed by atoms with Crippen LogP contribution in [0.5, 0.6) is 5.75 Å². The number of fused-ring (bicyclic) bond motifs is 1. The molecule has 0 saturated carbocycles. The largest absolute Gasteiger partial charge is 0.489 e. The van der Waals surface area contributed by atoms with Crippen molar-refractivity contribution in [3.05, 3.63) is 59.7 Å². The van der Waals surface area contributed by atoms with E-state index in [4.69, 9.17) is 4.74 Å². The summed E-state index contributed by atoms with van der Waals surface area (Å²) in [6.45, 7) is 9.92. The first-order valence-corrected chi connectivity index (χ1v) is 8.37. The molecule has 0 atom stereocenters. The molecule has 2 nitrogen and oxygen atoms in total. The highest BCUT2D eigenvalue weighted by Gasteiger charge is 2.10. The number of hydrogen-bond donors (Lipinski definition) is 1. The van der Waals surface area contributed by atoms with Gasteiger partial charge in [-0.05, 0) is 35.7 Å². The number of nitrogens with one attached hydrogen (secondary N) is 1. The molecule has 1 N–H and O–H groups in total. The molecule has 22 heavy (non-hydrogen) atoms. The maximum absolute atomic E-state index is 5.79. The molecule has 0 aliphatic carbocycles. The van der Waals surface area contributed by atoms with Crippen LogP contribution in [-0.2, 0) is 13.0 Å². The Labute approximate surface area is 137 Å². The van der Waals surface area contributed by atoms with Crippen LogP contribution in [-0.4, -0.2) is 6.54 Å². The second-order valence-corrected chi connectivity index (χ2v) is 4.98. The lowest BCUT2D eigenvalue weighted by Crippen LogP contribution is -1.95. The van der Waals surface area contributed by atoms with Crippen molar-refractivity contribution >= 4 is 5.69 Å². The van der Waals surface area contributed by atoms with E-state index >= 15 is 0 Å². The Morgan fingerprint density at radius 1 is 1.05 bits per heavy atom. The molecule has 0 bridgehead atoms. The lowest BCUT2D eigenvalue weighted by Gasteiger charge is -2.08. The first-order chi connectivity index (χ1) is 10.8. The predicted octanol–water partition coefficient (Wildman–Crippen LogP) is 5.92. The van der Waals surface area contributed by atoms with E-state index in [0.717, 1.165) is 18.7 Å². The van der Waals surface area contributed by atoms with Gasteiger partial charge < -0.3 is 10.1 Å². The second-order valence-electron chi connectivity index (χ2n) is 4.98. The minimum absolute atomic E-state index is 0. The fourth-order valence-electron chi connectivity index (χ4n) is 2.11. The number of benzene rings is 2. The van der Waals surface area contributed by atoms with E-state index in [1.54, 1.807) is 0 Å². The van der Waals surface area contributed by atoms with Crippen molar-refractivity contribution in [2.45, 2.75) is 47.1 Å². The van der Waals surface area contributed by atoms with Gasteiger partial charge in [-0.3, -0.25) is 0 Å². The normalized spacial score (nSPS) is 11.1. The van der Waals surface area contributed by atoms with Crippen LogP contribution in [0.15, 0.2) is 48.5 Å². The summed E-state index contributed by atoms with van der Waals surface area (Å²) in [6.07, 6.45) is 2.35. The molecule has 122 valence electrons. The summed E-state index contributed by atoms with van der Waals surface area (Å²) in [5.41, 5.74) is 3.80. The summed E-state index contributed by atoms with van der Waals surface area (Å²) in [4.78, 5) is 0. The molecule has 0 saturated heterocycles. The fraction of sp³-hybridized carbons (Fsp3) is 0.400. The van der Waals surface area contributed by atoms with Crippen LogP contribution < -0.4 is 10.1 Å². The highest BCUT2D eigenvalue weighted by atomic mass is 16.5. The van der Waals surface area contributed by atoms with Gasteiger partial charge in [0.05, 0.1) is 0 Å². The molecule has 0 aromatic heterocycles. The molecular formula is C20H31NO. The third-order valence-corrected chi connectivity index (χ3v) is 3.03. The van der Waals surface area contributed by atoms with Gasteiger partial charge in [0.1, 0.15) is 12.4 Å². The molecule has 0 radical (unpaired) electrons. The van der Waals surface area contributed by atoms with Crippen LogP contribution in [0, 0.1) is 0 Å². The Kier molecular flexibility index (Phi) is 8.82. The van der Waals surface area contributed by atoms with Crippen molar-refractivity contribution < 1.29 is 6.16 Å². The van der Waals surface area contributed by atoms with Gasteiger partial charge in [-0.2, -0.15) is 0 Å². The molecule has 2 heteroatoms. The minimum Gasteiger partial charge on any atom is -0.489 e. The number of ether oxygens (including phenoxy) is 1. The summed E-state index contributed by atoms with van der Waals surface area (Å²) >= 11 is 0. The summed E-state index contributed by atoms with van der Waals surface area (Å²) in [6, 6.07) is 16.5. The number of rotatable bonds is 3. The standard InChI is InChI=1S/C15H15NO.C3H8.C2H6.H2/c1-2-4-12(5-3-1)11-17-14-6-7-15-13(10-14)8-9-16-15;1-3-2;1-2;/h1-7,10,16H,8-9,11H2;3H2,1-2H3;1-2H3;1H. The number of hydrogen-bond acceptors (Lipinski definition) is 2. The molecular weight excluding hydrogens is 270 g/mol. The molecule has 3 rings (SSSR count). The van der Waals surface area contributed by atoms with Gasteiger partial charge in [0.15, 0.2) is 0 Å². The quantitative estimate of drug-likeness (QED) is 0.759. The fourth-order valence-corrected chi connectivity index (χ4v) is 2.11.